The third-order valence-electron chi connectivity index (χ3n) is 3.84. The minimum atomic E-state index is -0.392. The van der Waals surface area contributed by atoms with Crippen LogP contribution in [-0.2, 0) is 11.3 Å². The maximum absolute atomic E-state index is 10.1. The summed E-state index contributed by atoms with van der Waals surface area (Å²) >= 11 is 0. The monoisotopic (exact) mass is 277 g/mol. The lowest BCUT2D eigenvalue weighted by Crippen LogP contribution is -2.43. The second kappa shape index (κ2) is 7.77. The molecular formula is C17H27NO2. The number of hydrogen-bond donors (Lipinski definition) is 1. The number of aliphatic hydroxyl groups is 1. The van der Waals surface area contributed by atoms with Gasteiger partial charge in [-0.05, 0) is 23.8 Å². The Morgan fingerprint density at radius 1 is 1.20 bits per heavy atom. The molecule has 0 bridgehead atoms. The predicted molar refractivity (Wildman–Crippen MR) is 81.5 cm³/mol. The standard InChI is InChI=1S/C17H27NO2/c1-14-8-15(2)10-18(9-14)11-17(19)13-20-12-16-6-4-3-5-7-16/h3-7,14-15,17,19H,8-13H2,1-2H3/t14-,15-,17-/m0/s1. The maximum atomic E-state index is 10.1. The minimum Gasteiger partial charge on any atom is -0.389 e. The Balaban J connectivity index is 1.66. The number of β-amino-alcohol motifs (C(OH)–C–C–N with tert-alkyl or cyclic N) is 1. The average Bonchev–Trinajstić information content (AvgIpc) is 2.38. The van der Waals surface area contributed by atoms with Gasteiger partial charge in [0.15, 0.2) is 0 Å². The summed E-state index contributed by atoms with van der Waals surface area (Å²) in [5, 5.41) is 10.1. The molecule has 1 aromatic carbocycles. The van der Waals surface area contributed by atoms with E-state index in [1.807, 2.05) is 30.3 Å². The molecule has 2 rings (SSSR count). The summed E-state index contributed by atoms with van der Waals surface area (Å²) < 4.78 is 5.60. The van der Waals surface area contributed by atoms with E-state index in [1.165, 1.54) is 6.42 Å². The number of piperidine rings is 1. The highest BCUT2D eigenvalue weighted by Gasteiger charge is 2.23. The van der Waals surface area contributed by atoms with Gasteiger partial charge in [-0.2, -0.15) is 0 Å². The third kappa shape index (κ3) is 5.23. The smallest absolute Gasteiger partial charge is 0.0900 e. The highest BCUT2D eigenvalue weighted by Crippen LogP contribution is 2.20. The van der Waals surface area contributed by atoms with Gasteiger partial charge in [-0.1, -0.05) is 44.2 Å². The molecule has 3 atom stereocenters. The summed E-state index contributed by atoms with van der Waals surface area (Å²) in [5.41, 5.74) is 1.15. The first-order valence-corrected chi connectivity index (χ1v) is 7.65. The van der Waals surface area contributed by atoms with Crippen LogP contribution in [0.3, 0.4) is 0 Å². The van der Waals surface area contributed by atoms with E-state index in [1.54, 1.807) is 0 Å². The number of aliphatic hydroxyl groups excluding tert-OH is 1. The van der Waals surface area contributed by atoms with Crippen molar-refractivity contribution in [3.63, 3.8) is 0 Å². The van der Waals surface area contributed by atoms with E-state index in [2.05, 4.69) is 18.7 Å². The van der Waals surface area contributed by atoms with E-state index in [0.717, 1.165) is 37.0 Å². The molecule has 1 N–H and O–H groups in total. The van der Waals surface area contributed by atoms with E-state index >= 15 is 0 Å². The lowest BCUT2D eigenvalue weighted by atomic mass is 9.92. The molecule has 1 aliphatic rings. The van der Waals surface area contributed by atoms with Crippen molar-refractivity contribution >= 4 is 0 Å². The lowest BCUT2D eigenvalue weighted by molar-refractivity contribution is -0.000893. The van der Waals surface area contributed by atoms with Crippen LogP contribution in [0.25, 0.3) is 0 Å². The van der Waals surface area contributed by atoms with Crippen molar-refractivity contribution in [2.75, 3.05) is 26.2 Å². The fraction of sp³-hybridized carbons (Fsp3) is 0.647. The Morgan fingerprint density at radius 3 is 2.50 bits per heavy atom. The van der Waals surface area contributed by atoms with Crippen LogP contribution in [0, 0.1) is 11.8 Å². The van der Waals surface area contributed by atoms with E-state index in [9.17, 15) is 5.11 Å². The zero-order chi connectivity index (χ0) is 14.4. The molecule has 0 radical (unpaired) electrons. The van der Waals surface area contributed by atoms with Gasteiger partial charge < -0.3 is 14.7 Å². The van der Waals surface area contributed by atoms with Gasteiger partial charge in [-0.15, -0.1) is 0 Å². The molecule has 3 heteroatoms. The summed E-state index contributed by atoms with van der Waals surface area (Å²) in [7, 11) is 0. The Morgan fingerprint density at radius 2 is 1.85 bits per heavy atom. The molecule has 0 saturated carbocycles. The zero-order valence-corrected chi connectivity index (χ0v) is 12.7. The topological polar surface area (TPSA) is 32.7 Å². The number of likely N-dealkylation sites (tertiary alicyclic amines) is 1. The number of benzene rings is 1. The van der Waals surface area contributed by atoms with Crippen molar-refractivity contribution < 1.29 is 9.84 Å². The van der Waals surface area contributed by atoms with E-state index in [-0.39, 0.29) is 0 Å². The van der Waals surface area contributed by atoms with Gasteiger partial charge >= 0.3 is 0 Å². The lowest BCUT2D eigenvalue weighted by Gasteiger charge is -2.35. The first-order valence-electron chi connectivity index (χ1n) is 7.65. The van der Waals surface area contributed by atoms with Gasteiger partial charge in [-0.25, -0.2) is 0 Å². The molecule has 20 heavy (non-hydrogen) atoms. The summed E-state index contributed by atoms with van der Waals surface area (Å²) in [6.45, 7) is 8.49. The fourth-order valence-corrected chi connectivity index (χ4v) is 3.18. The second-order valence-electron chi connectivity index (χ2n) is 6.32. The molecule has 0 unspecified atom stereocenters. The quantitative estimate of drug-likeness (QED) is 0.867. The molecular weight excluding hydrogens is 250 g/mol. The van der Waals surface area contributed by atoms with Gasteiger partial charge in [0.2, 0.25) is 0 Å². The maximum Gasteiger partial charge on any atom is 0.0900 e. The van der Waals surface area contributed by atoms with Gasteiger partial charge in [0.25, 0.3) is 0 Å². The Kier molecular flexibility index (Phi) is 6.02. The van der Waals surface area contributed by atoms with Gasteiger partial charge in [0, 0.05) is 19.6 Å². The van der Waals surface area contributed by atoms with Crippen molar-refractivity contribution in [2.45, 2.75) is 33.0 Å². The number of hydrogen-bond acceptors (Lipinski definition) is 3. The Bertz CT molecular complexity index is 372. The molecule has 0 aliphatic carbocycles. The molecule has 1 heterocycles. The van der Waals surface area contributed by atoms with Crippen LogP contribution in [0.5, 0.6) is 0 Å². The minimum absolute atomic E-state index is 0.392. The van der Waals surface area contributed by atoms with Gasteiger partial charge in [0.05, 0.1) is 19.3 Å². The Labute approximate surface area is 122 Å². The highest BCUT2D eigenvalue weighted by atomic mass is 16.5. The van der Waals surface area contributed by atoms with E-state index in [0.29, 0.717) is 13.2 Å². The van der Waals surface area contributed by atoms with Crippen LogP contribution in [0.4, 0.5) is 0 Å². The molecule has 0 spiro atoms. The average molecular weight is 277 g/mol. The SMILES string of the molecule is C[C@H]1C[C@H](C)CN(C[C@H](O)COCc2ccccc2)C1. The van der Waals surface area contributed by atoms with Crippen molar-refractivity contribution in [2.24, 2.45) is 11.8 Å². The first-order chi connectivity index (χ1) is 9.63. The molecule has 1 aliphatic heterocycles. The zero-order valence-electron chi connectivity index (χ0n) is 12.7. The molecule has 1 fully saturated rings. The molecule has 0 aromatic heterocycles. The number of rotatable bonds is 6. The van der Waals surface area contributed by atoms with Crippen molar-refractivity contribution in [3.8, 4) is 0 Å². The van der Waals surface area contributed by atoms with Crippen LogP contribution in [0.1, 0.15) is 25.8 Å². The van der Waals surface area contributed by atoms with Gasteiger partial charge in [0.1, 0.15) is 0 Å². The van der Waals surface area contributed by atoms with Crippen molar-refractivity contribution in [1.82, 2.24) is 4.90 Å². The van der Waals surface area contributed by atoms with E-state index in [4.69, 9.17) is 4.74 Å². The van der Waals surface area contributed by atoms with Crippen molar-refractivity contribution in [3.05, 3.63) is 35.9 Å². The second-order valence-corrected chi connectivity index (χ2v) is 6.32. The number of ether oxygens (including phenoxy) is 1. The Hall–Kier alpha value is -0.900. The number of nitrogens with zero attached hydrogens (tertiary/aromatic N) is 1. The normalized spacial score (nSPS) is 25.6. The van der Waals surface area contributed by atoms with Crippen LogP contribution in [0.15, 0.2) is 30.3 Å². The molecule has 1 aromatic rings. The van der Waals surface area contributed by atoms with Crippen molar-refractivity contribution in [1.29, 1.82) is 0 Å². The molecule has 0 amide bonds. The molecule has 1 saturated heterocycles. The third-order valence-corrected chi connectivity index (χ3v) is 3.84. The van der Waals surface area contributed by atoms with Crippen LogP contribution < -0.4 is 0 Å². The summed E-state index contributed by atoms with van der Waals surface area (Å²) in [6, 6.07) is 10.1. The first kappa shape index (κ1) is 15.5. The predicted octanol–water partition coefficient (Wildman–Crippen LogP) is 2.54. The van der Waals surface area contributed by atoms with Crippen LogP contribution in [-0.4, -0.2) is 42.4 Å². The summed E-state index contributed by atoms with van der Waals surface area (Å²) in [5.74, 6) is 1.47. The summed E-state index contributed by atoms with van der Waals surface area (Å²) in [6.07, 6.45) is 0.910. The highest BCUT2D eigenvalue weighted by molar-refractivity contribution is 5.13. The fourth-order valence-electron chi connectivity index (χ4n) is 3.18. The summed E-state index contributed by atoms with van der Waals surface area (Å²) in [4.78, 5) is 2.37. The van der Waals surface area contributed by atoms with Crippen LogP contribution >= 0.6 is 0 Å². The van der Waals surface area contributed by atoms with E-state index < -0.39 is 6.10 Å². The molecule has 112 valence electrons. The van der Waals surface area contributed by atoms with Crippen LogP contribution in [0.2, 0.25) is 0 Å². The largest absolute Gasteiger partial charge is 0.389 e. The molecule has 3 nitrogen and oxygen atoms in total. The van der Waals surface area contributed by atoms with Gasteiger partial charge in [-0.3, -0.25) is 0 Å².